The van der Waals surface area contributed by atoms with Gasteiger partial charge in [0, 0.05) is 12.1 Å². The Morgan fingerprint density at radius 2 is 1.95 bits per heavy atom. The van der Waals surface area contributed by atoms with Crippen molar-refractivity contribution in [3.8, 4) is 0 Å². The van der Waals surface area contributed by atoms with Crippen molar-refractivity contribution in [2.24, 2.45) is 11.7 Å². The van der Waals surface area contributed by atoms with Gasteiger partial charge < -0.3 is 5.73 Å². The fourth-order valence-corrected chi connectivity index (χ4v) is 2.83. The van der Waals surface area contributed by atoms with Crippen LogP contribution in [0.25, 0.3) is 0 Å². The lowest BCUT2D eigenvalue weighted by molar-refractivity contribution is -0.384. The summed E-state index contributed by atoms with van der Waals surface area (Å²) >= 11 is 5.80. The monoisotopic (exact) mass is 304 g/mol. The lowest BCUT2D eigenvalue weighted by atomic mass is 9.81. The summed E-state index contributed by atoms with van der Waals surface area (Å²) in [7, 11) is 0. The van der Waals surface area contributed by atoms with Crippen LogP contribution in [0.5, 0.6) is 0 Å². The van der Waals surface area contributed by atoms with E-state index in [1.54, 1.807) is 12.1 Å². The molecule has 1 saturated carbocycles. The largest absolute Gasteiger partial charge is 0.324 e. The molecule has 0 aliphatic heterocycles. The van der Waals surface area contributed by atoms with E-state index in [1.807, 2.05) is 0 Å². The number of nitrogens with two attached hydrogens (primary N) is 1. The van der Waals surface area contributed by atoms with Crippen LogP contribution >= 0.6 is 24.0 Å². The van der Waals surface area contributed by atoms with Gasteiger partial charge >= 0.3 is 0 Å². The molecule has 0 radical (unpaired) electrons. The molecule has 0 bridgehead atoms. The summed E-state index contributed by atoms with van der Waals surface area (Å²) in [6, 6.07) is 4.76. The zero-order chi connectivity index (χ0) is 13.1. The average Bonchev–Trinajstić information content (AvgIpc) is 2.39. The highest BCUT2D eigenvalue weighted by molar-refractivity contribution is 6.32. The lowest BCUT2D eigenvalue weighted by Crippen LogP contribution is -2.23. The summed E-state index contributed by atoms with van der Waals surface area (Å²) in [5.74, 6) is 0.430. The van der Waals surface area contributed by atoms with Crippen LogP contribution in [0, 0.1) is 16.0 Å². The summed E-state index contributed by atoms with van der Waals surface area (Å²) in [6.07, 6.45) is 5.89. The summed E-state index contributed by atoms with van der Waals surface area (Å²) in [4.78, 5) is 10.4. The Morgan fingerprint density at radius 1 is 1.32 bits per heavy atom. The molecular formula is C13H18Cl2N2O2. The van der Waals surface area contributed by atoms with E-state index in [4.69, 9.17) is 17.3 Å². The molecule has 2 rings (SSSR count). The summed E-state index contributed by atoms with van der Waals surface area (Å²) in [5, 5.41) is 11.0. The van der Waals surface area contributed by atoms with Gasteiger partial charge in [0.05, 0.1) is 4.92 Å². The Labute approximate surface area is 123 Å². The van der Waals surface area contributed by atoms with E-state index in [1.165, 1.54) is 25.3 Å². The van der Waals surface area contributed by atoms with Crippen molar-refractivity contribution in [3.63, 3.8) is 0 Å². The van der Waals surface area contributed by atoms with Crippen LogP contribution in [0.3, 0.4) is 0 Å². The zero-order valence-corrected chi connectivity index (χ0v) is 12.1. The molecule has 0 aromatic heterocycles. The van der Waals surface area contributed by atoms with E-state index in [-0.39, 0.29) is 29.2 Å². The third-order valence-electron chi connectivity index (χ3n) is 3.71. The highest BCUT2D eigenvalue weighted by Crippen LogP contribution is 2.35. The number of halogens is 2. The number of hydrogen-bond acceptors (Lipinski definition) is 3. The molecular weight excluding hydrogens is 287 g/mol. The molecule has 1 aromatic rings. The van der Waals surface area contributed by atoms with Gasteiger partial charge in [-0.1, -0.05) is 36.9 Å². The molecule has 0 heterocycles. The van der Waals surface area contributed by atoms with Crippen molar-refractivity contribution in [2.45, 2.75) is 38.1 Å². The maximum absolute atomic E-state index is 10.9. The number of rotatable bonds is 3. The van der Waals surface area contributed by atoms with Gasteiger partial charge in [0.2, 0.25) is 0 Å². The number of hydrogen-bond donors (Lipinski definition) is 1. The third kappa shape index (κ3) is 3.81. The SMILES string of the molecule is Cl.N[C@@H](c1ccc(Cl)c([N+](=O)[O-])c1)C1CCCCC1. The van der Waals surface area contributed by atoms with Gasteiger partial charge in [-0.15, -0.1) is 12.4 Å². The van der Waals surface area contributed by atoms with Gasteiger partial charge in [-0.05, 0) is 30.4 Å². The number of nitro groups is 1. The first-order valence-electron chi connectivity index (χ1n) is 6.29. The zero-order valence-electron chi connectivity index (χ0n) is 10.5. The van der Waals surface area contributed by atoms with Crippen molar-refractivity contribution in [1.82, 2.24) is 0 Å². The van der Waals surface area contributed by atoms with Crippen LogP contribution in [-0.2, 0) is 0 Å². The van der Waals surface area contributed by atoms with E-state index in [0.29, 0.717) is 5.92 Å². The second-order valence-corrected chi connectivity index (χ2v) is 5.30. The third-order valence-corrected chi connectivity index (χ3v) is 4.03. The summed E-state index contributed by atoms with van der Waals surface area (Å²) < 4.78 is 0. The minimum Gasteiger partial charge on any atom is -0.324 e. The van der Waals surface area contributed by atoms with E-state index in [0.717, 1.165) is 18.4 Å². The molecule has 0 spiro atoms. The van der Waals surface area contributed by atoms with Gasteiger partial charge in [-0.3, -0.25) is 10.1 Å². The van der Waals surface area contributed by atoms with E-state index in [9.17, 15) is 10.1 Å². The minimum atomic E-state index is -0.459. The molecule has 1 aliphatic carbocycles. The maximum atomic E-state index is 10.9. The predicted octanol–water partition coefficient (Wildman–Crippen LogP) is 4.25. The van der Waals surface area contributed by atoms with Gasteiger partial charge in [-0.25, -0.2) is 0 Å². The molecule has 2 N–H and O–H groups in total. The molecule has 106 valence electrons. The fourth-order valence-electron chi connectivity index (χ4n) is 2.64. The molecule has 1 fully saturated rings. The quantitative estimate of drug-likeness (QED) is 0.670. The Morgan fingerprint density at radius 3 is 2.53 bits per heavy atom. The number of nitro benzene ring substituents is 1. The van der Waals surface area contributed by atoms with E-state index >= 15 is 0 Å². The molecule has 4 nitrogen and oxygen atoms in total. The van der Waals surface area contributed by atoms with E-state index in [2.05, 4.69) is 0 Å². The van der Waals surface area contributed by atoms with Crippen molar-refractivity contribution in [1.29, 1.82) is 0 Å². The summed E-state index contributed by atoms with van der Waals surface area (Å²) in [6.45, 7) is 0. The van der Waals surface area contributed by atoms with Crippen LogP contribution in [0.15, 0.2) is 18.2 Å². The van der Waals surface area contributed by atoms with Crippen LogP contribution < -0.4 is 5.73 Å². The van der Waals surface area contributed by atoms with Crippen molar-refractivity contribution in [2.75, 3.05) is 0 Å². The number of benzene rings is 1. The van der Waals surface area contributed by atoms with Crippen LogP contribution in [-0.4, -0.2) is 4.92 Å². The highest BCUT2D eigenvalue weighted by atomic mass is 35.5. The molecule has 19 heavy (non-hydrogen) atoms. The first kappa shape index (κ1) is 16.2. The molecule has 0 saturated heterocycles. The Balaban J connectivity index is 0.00000180. The molecule has 6 heteroatoms. The minimum absolute atomic E-state index is 0. The Hall–Kier alpha value is -0.840. The summed E-state index contributed by atoms with van der Waals surface area (Å²) in [5.41, 5.74) is 6.99. The first-order valence-corrected chi connectivity index (χ1v) is 6.67. The van der Waals surface area contributed by atoms with Crippen LogP contribution in [0.4, 0.5) is 5.69 Å². The average molecular weight is 305 g/mol. The maximum Gasteiger partial charge on any atom is 0.288 e. The smallest absolute Gasteiger partial charge is 0.288 e. The Bertz CT molecular complexity index is 448. The topological polar surface area (TPSA) is 69.2 Å². The standard InChI is InChI=1S/C13H17ClN2O2.ClH/c14-11-7-6-10(8-12(11)16(17)18)13(15)9-4-2-1-3-5-9;/h6-9,13H,1-5,15H2;1H/t13-;/m1./s1. The van der Waals surface area contributed by atoms with Crippen LogP contribution in [0.2, 0.25) is 5.02 Å². The first-order chi connectivity index (χ1) is 8.59. The molecule has 0 amide bonds. The van der Waals surface area contributed by atoms with Crippen molar-refractivity contribution >= 4 is 29.7 Å². The van der Waals surface area contributed by atoms with Gasteiger partial charge in [0.25, 0.3) is 5.69 Å². The molecule has 1 aliphatic rings. The van der Waals surface area contributed by atoms with Crippen LogP contribution in [0.1, 0.15) is 43.7 Å². The van der Waals surface area contributed by atoms with Gasteiger partial charge in [0.15, 0.2) is 0 Å². The number of nitrogens with zero attached hydrogens (tertiary/aromatic N) is 1. The van der Waals surface area contributed by atoms with Crippen molar-refractivity contribution in [3.05, 3.63) is 38.9 Å². The Kier molecular flexibility index (Phi) is 6.04. The lowest BCUT2D eigenvalue weighted by Gasteiger charge is -2.27. The van der Waals surface area contributed by atoms with Gasteiger partial charge in [0.1, 0.15) is 5.02 Å². The molecule has 1 atom stereocenters. The molecule has 1 aromatic carbocycles. The highest BCUT2D eigenvalue weighted by Gasteiger charge is 2.24. The second kappa shape index (κ2) is 7.08. The van der Waals surface area contributed by atoms with E-state index < -0.39 is 4.92 Å². The molecule has 0 unspecified atom stereocenters. The normalized spacial score (nSPS) is 17.6. The predicted molar refractivity (Wildman–Crippen MR) is 78.9 cm³/mol. The van der Waals surface area contributed by atoms with Crippen molar-refractivity contribution < 1.29 is 4.92 Å². The van der Waals surface area contributed by atoms with Gasteiger partial charge in [-0.2, -0.15) is 0 Å². The fraction of sp³-hybridized carbons (Fsp3) is 0.538. The second-order valence-electron chi connectivity index (χ2n) is 4.89.